The Labute approximate surface area is 243 Å². The summed E-state index contributed by atoms with van der Waals surface area (Å²) in [6.07, 6.45) is 0.128. The largest absolute Gasteiger partial charge is 0.417 e. The Balaban J connectivity index is 1.47. The quantitative estimate of drug-likeness (QED) is 0.172. The zero-order chi connectivity index (χ0) is 29.5. The van der Waals surface area contributed by atoms with Crippen molar-refractivity contribution in [2.45, 2.75) is 70.5 Å². The number of anilines is 2. The predicted octanol–water partition coefficient (Wildman–Crippen LogP) is 8.85. The third-order valence-corrected chi connectivity index (χ3v) is 8.21. The number of amides is 1. The average Bonchev–Trinajstić information content (AvgIpc) is 3.06. The number of thiocarbonyl (C=S) groups is 1. The number of alkyl halides is 3. The van der Waals surface area contributed by atoms with Crippen LogP contribution in [0.4, 0.5) is 28.9 Å². The lowest BCUT2D eigenvalue weighted by molar-refractivity contribution is -0.137. The average molecular weight is 579 g/mol. The molecule has 212 valence electrons. The molecule has 0 N–H and O–H groups in total. The fraction of sp³-hybridized carbons (Fsp3) is 0.333. The monoisotopic (exact) mass is 578 g/mol. The molecular formula is C33H30F4N2OS. The number of nitrogens with zero attached hydrogens (tertiary/aromatic N) is 2. The van der Waals surface area contributed by atoms with E-state index in [4.69, 9.17) is 12.2 Å². The molecule has 0 unspecified atom stereocenters. The van der Waals surface area contributed by atoms with Crippen LogP contribution in [0, 0.1) is 17.7 Å². The Hall–Kier alpha value is -3.70. The van der Waals surface area contributed by atoms with E-state index in [1.54, 1.807) is 26.0 Å². The number of carbonyl (C=O) groups is 1. The zero-order valence-electron chi connectivity index (χ0n) is 23.1. The van der Waals surface area contributed by atoms with Crippen LogP contribution in [0.15, 0.2) is 60.7 Å². The molecule has 0 radical (unpaired) electrons. The first-order valence-corrected chi connectivity index (χ1v) is 14.1. The van der Waals surface area contributed by atoms with Crippen LogP contribution in [0.3, 0.4) is 0 Å². The molecule has 0 aromatic heterocycles. The molecular weight excluding hydrogens is 548 g/mol. The summed E-state index contributed by atoms with van der Waals surface area (Å²) in [5, 5.41) is -0.102. The maximum atomic E-state index is 15.7. The summed E-state index contributed by atoms with van der Waals surface area (Å²) in [7, 11) is 0. The van der Waals surface area contributed by atoms with E-state index < -0.39 is 29.0 Å². The lowest BCUT2D eigenvalue weighted by atomic mass is 9.80. The summed E-state index contributed by atoms with van der Waals surface area (Å²) in [6, 6.07) is 16.3. The normalized spacial score (nSPS) is 17.0. The van der Waals surface area contributed by atoms with E-state index in [0.717, 1.165) is 23.0 Å². The molecule has 1 saturated heterocycles. The second-order valence-electron chi connectivity index (χ2n) is 11.0. The van der Waals surface area contributed by atoms with Crippen molar-refractivity contribution in [1.29, 1.82) is 0 Å². The first-order valence-electron chi connectivity index (χ1n) is 13.7. The lowest BCUT2D eigenvalue weighted by Crippen LogP contribution is -2.44. The van der Waals surface area contributed by atoms with E-state index in [0.29, 0.717) is 17.9 Å². The highest BCUT2D eigenvalue weighted by Crippen LogP contribution is 2.41. The van der Waals surface area contributed by atoms with Gasteiger partial charge >= 0.3 is 6.18 Å². The van der Waals surface area contributed by atoms with Crippen LogP contribution < -0.4 is 9.80 Å². The van der Waals surface area contributed by atoms with Gasteiger partial charge in [0.05, 0.1) is 16.9 Å². The molecule has 0 spiro atoms. The van der Waals surface area contributed by atoms with Crippen molar-refractivity contribution < 1.29 is 22.4 Å². The Bertz CT molecular complexity index is 1560. The second-order valence-corrected chi connectivity index (χ2v) is 11.4. The van der Waals surface area contributed by atoms with Gasteiger partial charge in [0, 0.05) is 12.0 Å². The number of hydrogen-bond donors (Lipinski definition) is 0. The summed E-state index contributed by atoms with van der Waals surface area (Å²) >= 11 is 5.60. The van der Waals surface area contributed by atoms with Crippen LogP contribution in [-0.4, -0.2) is 16.6 Å². The topological polar surface area (TPSA) is 23.6 Å². The Morgan fingerprint density at radius 2 is 1.68 bits per heavy atom. The predicted molar refractivity (Wildman–Crippen MR) is 158 cm³/mol. The molecule has 1 amide bonds. The molecule has 1 aliphatic heterocycles. The molecule has 0 atom stereocenters. The Morgan fingerprint density at radius 1 is 1.00 bits per heavy atom. The van der Waals surface area contributed by atoms with E-state index in [2.05, 4.69) is 24.0 Å². The molecule has 2 fully saturated rings. The minimum Gasteiger partial charge on any atom is -0.301 e. The van der Waals surface area contributed by atoms with E-state index in [-0.39, 0.29) is 22.1 Å². The van der Waals surface area contributed by atoms with Gasteiger partial charge in [0.2, 0.25) is 0 Å². The van der Waals surface area contributed by atoms with Gasteiger partial charge in [0.15, 0.2) is 5.11 Å². The minimum absolute atomic E-state index is 0.0486. The fourth-order valence-corrected chi connectivity index (χ4v) is 5.80. The number of carbonyl (C=O) groups excluding carboxylic acids is 1. The molecule has 3 nitrogen and oxygen atoms in total. The third kappa shape index (κ3) is 5.36. The van der Waals surface area contributed by atoms with Crippen LogP contribution in [0.25, 0.3) is 11.1 Å². The molecule has 41 heavy (non-hydrogen) atoms. The minimum atomic E-state index is -4.69. The summed E-state index contributed by atoms with van der Waals surface area (Å²) in [4.78, 5) is 16.0. The van der Waals surface area contributed by atoms with Crippen molar-refractivity contribution in [3.05, 3.63) is 83.2 Å². The molecule has 1 heterocycles. The van der Waals surface area contributed by atoms with Crippen molar-refractivity contribution in [2.24, 2.45) is 0 Å². The van der Waals surface area contributed by atoms with Crippen molar-refractivity contribution in [2.75, 3.05) is 9.80 Å². The van der Waals surface area contributed by atoms with Crippen molar-refractivity contribution in [3.8, 4) is 23.0 Å². The van der Waals surface area contributed by atoms with E-state index in [1.807, 2.05) is 19.1 Å². The standard InChI is InChI=1S/C33H30F4N2OS/c1-4-5-6-8-24-15-17-26(20-27(24)33(35,36)37)38-30(40)32(2,3)39(31(38)41)29-18-16-25(19-28(29)34)23-13-11-22(12-14-23)21-9-7-10-21/h11-21H,4-5,7,9-10H2,1-3H3. The number of unbranched alkanes of at least 4 members (excludes halogenated alkanes) is 1. The highest BCUT2D eigenvalue weighted by atomic mass is 32.1. The van der Waals surface area contributed by atoms with E-state index in [9.17, 15) is 18.0 Å². The second kappa shape index (κ2) is 10.9. The maximum Gasteiger partial charge on any atom is 0.417 e. The molecule has 8 heteroatoms. The van der Waals surface area contributed by atoms with Gasteiger partial charge < -0.3 is 4.90 Å². The summed E-state index contributed by atoms with van der Waals surface area (Å²) in [5.41, 5.74) is 0.372. The number of hydrogen-bond acceptors (Lipinski definition) is 2. The number of halogens is 4. The highest BCUT2D eigenvalue weighted by molar-refractivity contribution is 7.81. The summed E-state index contributed by atoms with van der Waals surface area (Å²) in [6.45, 7) is 5.03. The first-order chi connectivity index (χ1) is 19.4. The van der Waals surface area contributed by atoms with Gasteiger partial charge in [-0.1, -0.05) is 55.5 Å². The van der Waals surface area contributed by atoms with Gasteiger partial charge in [-0.15, -0.1) is 0 Å². The molecule has 2 aliphatic rings. The van der Waals surface area contributed by atoms with Crippen LogP contribution in [0.5, 0.6) is 0 Å². The SMILES string of the molecule is CCCC#Cc1ccc(N2C(=O)C(C)(C)N(c3ccc(-c4ccc(C5CCC5)cc4)cc3F)C2=S)cc1C(F)(F)F. The summed E-state index contributed by atoms with van der Waals surface area (Å²) < 4.78 is 57.5. The van der Waals surface area contributed by atoms with Crippen LogP contribution >= 0.6 is 12.2 Å². The number of benzene rings is 3. The molecule has 3 aromatic carbocycles. The van der Waals surface area contributed by atoms with Gasteiger partial charge in [-0.25, -0.2) is 4.39 Å². The van der Waals surface area contributed by atoms with Gasteiger partial charge in [-0.05, 0) is 98.3 Å². The molecule has 1 aliphatic carbocycles. The van der Waals surface area contributed by atoms with Crippen LogP contribution in [0.2, 0.25) is 0 Å². The van der Waals surface area contributed by atoms with Crippen LogP contribution in [-0.2, 0) is 11.0 Å². The van der Waals surface area contributed by atoms with Gasteiger partial charge in [-0.2, -0.15) is 13.2 Å². The third-order valence-electron chi connectivity index (χ3n) is 7.84. The Morgan fingerprint density at radius 3 is 2.27 bits per heavy atom. The van der Waals surface area contributed by atoms with Crippen molar-refractivity contribution >= 4 is 34.6 Å². The van der Waals surface area contributed by atoms with E-state index >= 15 is 4.39 Å². The first kappa shape index (κ1) is 28.8. The zero-order valence-corrected chi connectivity index (χ0v) is 23.9. The fourth-order valence-electron chi connectivity index (χ4n) is 5.28. The Kier molecular flexibility index (Phi) is 7.69. The van der Waals surface area contributed by atoms with Gasteiger partial charge in [0.1, 0.15) is 11.4 Å². The van der Waals surface area contributed by atoms with Crippen molar-refractivity contribution in [1.82, 2.24) is 0 Å². The summed E-state index contributed by atoms with van der Waals surface area (Å²) in [5.74, 6) is 4.77. The molecule has 0 bridgehead atoms. The molecule has 1 saturated carbocycles. The van der Waals surface area contributed by atoms with Gasteiger partial charge in [0.25, 0.3) is 5.91 Å². The van der Waals surface area contributed by atoms with Crippen LogP contribution in [0.1, 0.15) is 75.5 Å². The molecule has 3 aromatic rings. The number of rotatable bonds is 5. The maximum absolute atomic E-state index is 15.7. The smallest absolute Gasteiger partial charge is 0.301 e. The van der Waals surface area contributed by atoms with Gasteiger partial charge in [-0.3, -0.25) is 9.69 Å². The lowest BCUT2D eigenvalue weighted by Gasteiger charge is -2.30. The molecule has 5 rings (SSSR count). The highest BCUT2D eigenvalue weighted by Gasteiger charge is 2.51. The van der Waals surface area contributed by atoms with E-state index in [1.165, 1.54) is 47.9 Å². The van der Waals surface area contributed by atoms with Crippen molar-refractivity contribution in [3.63, 3.8) is 0 Å².